The molecule has 1 aromatic heterocycles. The van der Waals surface area contributed by atoms with Gasteiger partial charge in [0.05, 0.1) is 16.9 Å². The number of hydrogen-bond acceptors (Lipinski definition) is 3. The molecule has 0 spiro atoms. The molecule has 0 unspecified atom stereocenters. The summed E-state index contributed by atoms with van der Waals surface area (Å²) in [5.74, 6) is -6.06. The number of alkyl halides is 3. The van der Waals surface area contributed by atoms with Gasteiger partial charge in [-0.3, -0.25) is 9.59 Å². The molecule has 0 radical (unpaired) electrons. The predicted molar refractivity (Wildman–Crippen MR) is 65.8 cm³/mol. The van der Waals surface area contributed by atoms with Crippen molar-refractivity contribution in [1.29, 1.82) is 0 Å². The van der Waals surface area contributed by atoms with E-state index in [0.29, 0.717) is 0 Å². The zero-order valence-corrected chi connectivity index (χ0v) is 11.2. The van der Waals surface area contributed by atoms with E-state index in [2.05, 4.69) is 4.98 Å². The van der Waals surface area contributed by atoms with Crippen LogP contribution in [0.1, 0.15) is 10.5 Å². The van der Waals surface area contributed by atoms with E-state index in [1.54, 1.807) is 0 Å². The number of carbonyl (C=O) groups is 2. The van der Waals surface area contributed by atoms with E-state index in [-0.39, 0.29) is 10.7 Å². The maximum Gasteiger partial charge on any atom is 0.394 e. The molecule has 0 saturated carbocycles. The van der Waals surface area contributed by atoms with E-state index >= 15 is 0 Å². The Morgan fingerprint density at radius 1 is 1.33 bits per heavy atom. The zero-order chi connectivity index (χ0) is 15.8. The average molecular weight is 323 g/mol. The largest absolute Gasteiger partial charge is 0.481 e. The van der Waals surface area contributed by atoms with Crippen molar-refractivity contribution in [3.8, 4) is 0 Å². The van der Waals surface area contributed by atoms with Crippen LogP contribution in [0.3, 0.4) is 0 Å². The second-order valence-corrected chi connectivity index (χ2v) is 5.10. The first-order chi connectivity index (χ1) is 9.70. The average Bonchev–Trinajstić information content (AvgIpc) is 2.84. The Bertz CT molecular complexity index is 562. The lowest BCUT2D eigenvalue weighted by Gasteiger charge is -2.18. The summed E-state index contributed by atoms with van der Waals surface area (Å²) in [5.41, 5.74) is -0.0774. The van der Waals surface area contributed by atoms with E-state index in [4.69, 9.17) is 16.7 Å². The maximum atomic E-state index is 12.8. The third-order valence-electron chi connectivity index (χ3n) is 3.29. The minimum atomic E-state index is -4.68. The van der Waals surface area contributed by atoms with Crippen LogP contribution >= 0.6 is 11.6 Å². The molecule has 2 rings (SSSR count). The molecule has 2 heterocycles. The summed E-state index contributed by atoms with van der Waals surface area (Å²) in [6.07, 6.45) is -3.48. The first-order valence-corrected chi connectivity index (χ1v) is 6.28. The van der Waals surface area contributed by atoms with Crippen molar-refractivity contribution in [1.82, 2.24) is 9.88 Å². The molecule has 0 aliphatic carbocycles. The Hall–Kier alpha value is -1.83. The Morgan fingerprint density at radius 2 is 2.00 bits per heavy atom. The van der Waals surface area contributed by atoms with Crippen LogP contribution < -0.4 is 0 Å². The number of carboxylic acid groups (broad SMARTS) is 1. The molecule has 1 saturated heterocycles. The van der Waals surface area contributed by atoms with Gasteiger partial charge in [-0.1, -0.05) is 11.6 Å². The second-order valence-electron chi connectivity index (χ2n) is 4.66. The number of nitrogens with zero attached hydrogens (tertiary/aromatic N) is 2. The summed E-state index contributed by atoms with van der Waals surface area (Å²) in [7, 11) is 0. The van der Waals surface area contributed by atoms with Gasteiger partial charge in [0.1, 0.15) is 5.69 Å². The smallest absolute Gasteiger partial charge is 0.394 e. The fourth-order valence-electron chi connectivity index (χ4n) is 2.22. The number of carbonyl (C=O) groups excluding carboxylic acids is 1. The monoisotopic (exact) mass is 322 g/mol. The minimum Gasteiger partial charge on any atom is -0.481 e. The van der Waals surface area contributed by atoms with Gasteiger partial charge in [0.2, 0.25) is 0 Å². The van der Waals surface area contributed by atoms with E-state index in [1.807, 2.05) is 0 Å². The van der Waals surface area contributed by atoms with Crippen LogP contribution in [-0.2, 0) is 4.79 Å². The highest BCUT2D eigenvalue weighted by Gasteiger charge is 2.53. The zero-order valence-electron chi connectivity index (χ0n) is 10.5. The third-order valence-corrected chi connectivity index (χ3v) is 3.51. The van der Waals surface area contributed by atoms with Gasteiger partial charge in [0.25, 0.3) is 5.91 Å². The Labute approximate surface area is 122 Å². The van der Waals surface area contributed by atoms with Crippen molar-refractivity contribution < 1.29 is 27.9 Å². The van der Waals surface area contributed by atoms with Crippen LogP contribution in [-0.4, -0.2) is 46.1 Å². The van der Waals surface area contributed by atoms with Gasteiger partial charge in [0.15, 0.2) is 0 Å². The normalized spacial score (nSPS) is 22.4. The number of rotatable bonds is 2. The molecule has 114 valence electrons. The molecule has 1 N–H and O–H groups in total. The Kier molecular flexibility index (Phi) is 4.08. The van der Waals surface area contributed by atoms with Crippen molar-refractivity contribution in [2.45, 2.75) is 6.18 Å². The van der Waals surface area contributed by atoms with Crippen molar-refractivity contribution >= 4 is 23.5 Å². The molecule has 1 aliphatic heterocycles. The van der Waals surface area contributed by atoms with Crippen LogP contribution in [0.5, 0.6) is 0 Å². The molecule has 21 heavy (non-hydrogen) atoms. The number of carboxylic acids is 1. The third kappa shape index (κ3) is 3.26. The SMILES string of the molecule is O=C(O)[C@@H]1CN(C(=O)c2ccc(Cl)cn2)C[C@H]1C(F)(F)F. The molecule has 1 aliphatic rings. The molecular formula is C12H10ClF3N2O3. The van der Waals surface area contributed by atoms with E-state index in [1.165, 1.54) is 18.3 Å². The lowest BCUT2D eigenvalue weighted by molar-refractivity contribution is -0.187. The summed E-state index contributed by atoms with van der Waals surface area (Å²) in [4.78, 5) is 27.6. The first-order valence-electron chi connectivity index (χ1n) is 5.90. The highest BCUT2D eigenvalue weighted by atomic mass is 35.5. The van der Waals surface area contributed by atoms with Crippen LogP contribution in [0.2, 0.25) is 5.02 Å². The summed E-state index contributed by atoms with van der Waals surface area (Å²) in [6.45, 7) is -1.19. The molecule has 2 atom stereocenters. The van der Waals surface area contributed by atoms with Crippen molar-refractivity contribution in [2.75, 3.05) is 13.1 Å². The molecule has 1 fully saturated rings. The van der Waals surface area contributed by atoms with Crippen molar-refractivity contribution in [2.24, 2.45) is 11.8 Å². The van der Waals surface area contributed by atoms with Crippen LogP contribution in [0.4, 0.5) is 13.2 Å². The van der Waals surface area contributed by atoms with Gasteiger partial charge in [-0.15, -0.1) is 0 Å². The predicted octanol–water partition coefficient (Wildman–Crippen LogP) is 2.07. The minimum absolute atomic E-state index is 0.0774. The van der Waals surface area contributed by atoms with Gasteiger partial charge in [-0.25, -0.2) is 4.98 Å². The fourth-order valence-corrected chi connectivity index (χ4v) is 2.33. The van der Waals surface area contributed by atoms with Crippen molar-refractivity contribution in [3.63, 3.8) is 0 Å². The molecule has 1 aromatic rings. The van der Waals surface area contributed by atoms with Crippen LogP contribution in [0.25, 0.3) is 0 Å². The van der Waals surface area contributed by atoms with E-state index in [0.717, 1.165) is 4.90 Å². The van der Waals surface area contributed by atoms with Gasteiger partial charge in [-0.05, 0) is 12.1 Å². The number of likely N-dealkylation sites (tertiary alicyclic amines) is 1. The van der Waals surface area contributed by atoms with E-state index < -0.39 is 43.0 Å². The molecule has 9 heteroatoms. The summed E-state index contributed by atoms with van der Waals surface area (Å²) >= 11 is 5.61. The molecule has 1 amide bonds. The topological polar surface area (TPSA) is 70.5 Å². The molecular weight excluding hydrogens is 313 g/mol. The molecule has 0 aromatic carbocycles. The van der Waals surface area contributed by atoms with Crippen LogP contribution in [0.15, 0.2) is 18.3 Å². The van der Waals surface area contributed by atoms with E-state index in [9.17, 15) is 22.8 Å². The maximum absolute atomic E-state index is 12.8. The summed E-state index contributed by atoms with van der Waals surface area (Å²) in [6, 6.07) is 2.66. The second kappa shape index (κ2) is 5.51. The lowest BCUT2D eigenvalue weighted by atomic mass is 9.96. The first kappa shape index (κ1) is 15.6. The highest BCUT2D eigenvalue weighted by molar-refractivity contribution is 6.30. The quantitative estimate of drug-likeness (QED) is 0.905. The highest BCUT2D eigenvalue weighted by Crippen LogP contribution is 2.38. The number of pyridine rings is 1. The Balaban J connectivity index is 2.20. The molecule has 5 nitrogen and oxygen atoms in total. The van der Waals surface area contributed by atoms with Gasteiger partial charge in [-0.2, -0.15) is 13.2 Å². The number of aliphatic carboxylic acids is 1. The fraction of sp³-hybridized carbons (Fsp3) is 0.417. The van der Waals surface area contributed by atoms with Gasteiger partial charge in [0, 0.05) is 19.3 Å². The standard InChI is InChI=1S/C12H10ClF3N2O3/c13-6-1-2-9(17-3-6)10(19)18-4-7(11(20)21)8(5-18)12(14,15)16/h1-3,7-8H,4-5H2,(H,20,21)/t7-,8-/m1/s1. The number of aromatic nitrogens is 1. The van der Waals surface area contributed by atoms with Gasteiger partial charge >= 0.3 is 12.1 Å². The van der Waals surface area contributed by atoms with Gasteiger partial charge < -0.3 is 10.0 Å². The Morgan fingerprint density at radius 3 is 2.43 bits per heavy atom. The number of halogens is 4. The number of hydrogen-bond donors (Lipinski definition) is 1. The summed E-state index contributed by atoms with van der Waals surface area (Å²) < 4.78 is 38.5. The van der Waals surface area contributed by atoms with Crippen LogP contribution in [0, 0.1) is 11.8 Å². The summed E-state index contributed by atoms with van der Waals surface area (Å²) in [5, 5.41) is 9.16. The number of amides is 1. The van der Waals surface area contributed by atoms with Crippen molar-refractivity contribution in [3.05, 3.63) is 29.0 Å². The molecule has 0 bridgehead atoms. The lowest BCUT2D eigenvalue weighted by Crippen LogP contribution is -2.34.